The molecule has 0 bridgehead atoms. The van der Waals surface area contributed by atoms with Gasteiger partial charge in [0.2, 0.25) is 0 Å². The van der Waals surface area contributed by atoms with Crippen molar-refractivity contribution in [1.29, 1.82) is 0 Å². The zero-order valence-corrected chi connectivity index (χ0v) is 17.5. The van der Waals surface area contributed by atoms with Gasteiger partial charge in [0, 0.05) is 38.7 Å². The van der Waals surface area contributed by atoms with Gasteiger partial charge in [-0.25, -0.2) is 8.42 Å². The van der Waals surface area contributed by atoms with Crippen molar-refractivity contribution in [1.82, 2.24) is 10.2 Å². The highest BCUT2D eigenvalue weighted by atomic mass is 32.2. The third-order valence-electron chi connectivity index (χ3n) is 7.43. The Morgan fingerprint density at radius 1 is 1.26 bits per heavy atom. The number of aliphatic imine (C=N–C) groups is 1. The van der Waals surface area contributed by atoms with Crippen LogP contribution in [-0.2, 0) is 14.6 Å². The van der Waals surface area contributed by atoms with Gasteiger partial charge in [-0.3, -0.25) is 4.99 Å². The standard InChI is InChI=1S/C20H35N3O3S/c1-16-3-8-23(15-20(16)6-2-7-20)19(21-11-17-4-9-26-13-17)22-12-18-5-10-27(24,25)14-18/h16-18H,2-15H2,1H3,(H,21,22). The first-order valence-electron chi connectivity index (χ1n) is 10.8. The number of piperidine rings is 1. The lowest BCUT2D eigenvalue weighted by molar-refractivity contribution is -0.00519. The number of guanidine groups is 1. The summed E-state index contributed by atoms with van der Waals surface area (Å²) in [7, 11) is -2.83. The summed E-state index contributed by atoms with van der Waals surface area (Å²) >= 11 is 0. The third-order valence-corrected chi connectivity index (χ3v) is 9.27. The average molecular weight is 398 g/mol. The van der Waals surface area contributed by atoms with Crippen LogP contribution in [0.25, 0.3) is 0 Å². The van der Waals surface area contributed by atoms with Gasteiger partial charge in [-0.15, -0.1) is 0 Å². The van der Waals surface area contributed by atoms with Gasteiger partial charge in [0.1, 0.15) is 0 Å². The van der Waals surface area contributed by atoms with Crippen molar-refractivity contribution in [2.75, 3.05) is 50.9 Å². The number of hydrogen-bond acceptors (Lipinski definition) is 4. The van der Waals surface area contributed by atoms with E-state index in [4.69, 9.17) is 9.73 Å². The molecule has 7 heteroatoms. The summed E-state index contributed by atoms with van der Waals surface area (Å²) in [5.74, 6) is 3.18. The SMILES string of the molecule is CC1CCN(C(=NCC2CCS(=O)(=O)C2)NCC2CCOC2)CC12CCC2. The molecular weight excluding hydrogens is 362 g/mol. The van der Waals surface area contributed by atoms with Crippen LogP contribution in [0.1, 0.15) is 45.4 Å². The maximum Gasteiger partial charge on any atom is 0.193 e. The van der Waals surface area contributed by atoms with Crippen LogP contribution in [0.4, 0.5) is 0 Å². The molecular formula is C20H35N3O3S. The molecule has 3 aliphatic heterocycles. The summed E-state index contributed by atoms with van der Waals surface area (Å²) in [6, 6.07) is 0. The minimum absolute atomic E-state index is 0.183. The lowest BCUT2D eigenvalue weighted by Crippen LogP contribution is -2.56. The minimum atomic E-state index is -2.83. The molecule has 3 saturated heterocycles. The first-order chi connectivity index (χ1) is 13.0. The summed E-state index contributed by atoms with van der Waals surface area (Å²) in [5.41, 5.74) is 0.480. The monoisotopic (exact) mass is 397 g/mol. The second-order valence-electron chi connectivity index (χ2n) is 9.37. The second kappa shape index (κ2) is 7.90. The number of nitrogens with one attached hydrogen (secondary N) is 1. The van der Waals surface area contributed by atoms with Crippen molar-refractivity contribution in [3.8, 4) is 0 Å². The van der Waals surface area contributed by atoms with Crippen molar-refractivity contribution in [2.24, 2.45) is 28.2 Å². The highest BCUT2D eigenvalue weighted by Gasteiger charge is 2.46. The van der Waals surface area contributed by atoms with Crippen molar-refractivity contribution in [3.05, 3.63) is 0 Å². The predicted octanol–water partition coefficient (Wildman–Crippen LogP) is 1.92. The van der Waals surface area contributed by atoms with E-state index in [1.165, 1.54) is 25.7 Å². The molecule has 3 unspecified atom stereocenters. The number of ether oxygens (including phenoxy) is 1. The molecule has 154 valence electrons. The van der Waals surface area contributed by atoms with E-state index in [2.05, 4.69) is 17.1 Å². The maximum absolute atomic E-state index is 11.8. The van der Waals surface area contributed by atoms with Gasteiger partial charge in [-0.2, -0.15) is 0 Å². The molecule has 4 fully saturated rings. The van der Waals surface area contributed by atoms with E-state index in [1.807, 2.05) is 0 Å². The van der Waals surface area contributed by atoms with Gasteiger partial charge in [0.15, 0.2) is 15.8 Å². The zero-order valence-electron chi connectivity index (χ0n) is 16.7. The molecule has 1 N–H and O–H groups in total. The number of rotatable bonds is 4. The number of sulfone groups is 1. The van der Waals surface area contributed by atoms with Gasteiger partial charge in [0.25, 0.3) is 0 Å². The largest absolute Gasteiger partial charge is 0.381 e. The van der Waals surface area contributed by atoms with Crippen LogP contribution < -0.4 is 5.32 Å². The van der Waals surface area contributed by atoms with Crippen LogP contribution in [0.3, 0.4) is 0 Å². The highest BCUT2D eigenvalue weighted by Crippen LogP contribution is 2.50. The molecule has 3 heterocycles. The molecule has 4 rings (SSSR count). The summed E-state index contributed by atoms with van der Waals surface area (Å²) in [4.78, 5) is 7.39. The van der Waals surface area contributed by atoms with E-state index in [-0.39, 0.29) is 5.92 Å². The molecule has 0 amide bonds. The van der Waals surface area contributed by atoms with Crippen molar-refractivity contribution >= 4 is 15.8 Å². The van der Waals surface area contributed by atoms with Crippen LogP contribution in [0.15, 0.2) is 4.99 Å². The maximum atomic E-state index is 11.8. The van der Waals surface area contributed by atoms with Crippen LogP contribution in [0, 0.1) is 23.2 Å². The minimum Gasteiger partial charge on any atom is -0.381 e. The Morgan fingerprint density at radius 3 is 2.74 bits per heavy atom. The fourth-order valence-corrected chi connectivity index (χ4v) is 7.06. The van der Waals surface area contributed by atoms with E-state index in [9.17, 15) is 8.42 Å². The molecule has 0 radical (unpaired) electrons. The van der Waals surface area contributed by atoms with Crippen molar-refractivity contribution in [3.63, 3.8) is 0 Å². The van der Waals surface area contributed by atoms with Gasteiger partial charge in [0.05, 0.1) is 18.1 Å². The quantitative estimate of drug-likeness (QED) is 0.580. The number of hydrogen-bond donors (Lipinski definition) is 1. The van der Waals surface area contributed by atoms with Gasteiger partial charge in [-0.1, -0.05) is 13.3 Å². The zero-order chi connectivity index (χ0) is 18.9. The molecule has 3 atom stereocenters. The van der Waals surface area contributed by atoms with Crippen LogP contribution >= 0.6 is 0 Å². The van der Waals surface area contributed by atoms with Gasteiger partial charge in [-0.05, 0) is 49.4 Å². The van der Waals surface area contributed by atoms with Crippen molar-refractivity contribution in [2.45, 2.75) is 45.4 Å². The van der Waals surface area contributed by atoms with Crippen LogP contribution in [0.5, 0.6) is 0 Å². The Labute approximate surface area is 164 Å². The van der Waals surface area contributed by atoms with Crippen LogP contribution in [-0.4, -0.2) is 70.2 Å². The summed E-state index contributed by atoms with van der Waals surface area (Å²) in [6.07, 6.45) is 7.14. The molecule has 1 saturated carbocycles. The molecule has 1 spiro atoms. The Bertz CT molecular complexity index is 653. The molecule has 0 aromatic rings. The smallest absolute Gasteiger partial charge is 0.193 e. The van der Waals surface area contributed by atoms with E-state index < -0.39 is 9.84 Å². The average Bonchev–Trinajstić information content (AvgIpc) is 3.23. The van der Waals surface area contributed by atoms with E-state index in [1.54, 1.807) is 0 Å². The van der Waals surface area contributed by atoms with Gasteiger partial charge >= 0.3 is 0 Å². The van der Waals surface area contributed by atoms with Crippen LogP contribution in [0.2, 0.25) is 0 Å². The molecule has 6 nitrogen and oxygen atoms in total. The fraction of sp³-hybridized carbons (Fsp3) is 0.950. The molecule has 1 aliphatic carbocycles. The summed E-state index contributed by atoms with van der Waals surface area (Å²) in [6.45, 7) is 7.80. The number of nitrogens with zero attached hydrogens (tertiary/aromatic N) is 2. The normalized spacial score (nSPS) is 35.4. The predicted molar refractivity (Wildman–Crippen MR) is 108 cm³/mol. The van der Waals surface area contributed by atoms with E-state index in [0.29, 0.717) is 29.4 Å². The van der Waals surface area contributed by atoms with E-state index >= 15 is 0 Å². The lowest BCUT2D eigenvalue weighted by Gasteiger charge is -2.53. The summed E-state index contributed by atoms with van der Waals surface area (Å²) in [5, 5.41) is 3.62. The second-order valence-corrected chi connectivity index (χ2v) is 11.6. The number of likely N-dealkylation sites (tertiary alicyclic amines) is 1. The molecule has 0 aromatic carbocycles. The van der Waals surface area contributed by atoms with Crippen molar-refractivity contribution < 1.29 is 13.2 Å². The Morgan fingerprint density at radius 2 is 2.11 bits per heavy atom. The lowest BCUT2D eigenvalue weighted by atomic mass is 9.59. The molecule has 27 heavy (non-hydrogen) atoms. The topological polar surface area (TPSA) is 71.0 Å². The third kappa shape index (κ3) is 4.44. The Balaban J connectivity index is 1.42. The Hall–Kier alpha value is -0.820. The molecule has 4 aliphatic rings. The van der Waals surface area contributed by atoms with Gasteiger partial charge < -0.3 is 15.0 Å². The highest BCUT2D eigenvalue weighted by molar-refractivity contribution is 7.91. The summed E-state index contributed by atoms with van der Waals surface area (Å²) < 4.78 is 29.0. The van der Waals surface area contributed by atoms with E-state index in [0.717, 1.165) is 57.6 Å². The fourth-order valence-electron chi connectivity index (χ4n) is 5.21. The molecule has 0 aromatic heterocycles. The first-order valence-corrected chi connectivity index (χ1v) is 12.6. The Kier molecular flexibility index (Phi) is 5.70. The first kappa shape index (κ1) is 19.5.